The summed E-state index contributed by atoms with van der Waals surface area (Å²) in [5.74, 6) is 1.48. The molecule has 2 aliphatic heterocycles. The number of carbonyl (C=O) groups excluding carboxylic acids is 1. The molecule has 0 bridgehead atoms. The van der Waals surface area contributed by atoms with E-state index in [-0.39, 0.29) is 36.2 Å². The van der Waals surface area contributed by atoms with Gasteiger partial charge in [-0.25, -0.2) is 0 Å². The first kappa shape index (κ1) is 23.5. The number of ether oxygens (including phenoxy) is 3. The summed E-state index contributed by atoms with van der Waals surface area (Å²) in [5, 5.41) is 0.547. The third kappa shape index (κ3) is 4.55. The number of halogens is 1. The number of rotatable bonds is 5. The molecule has 37 heavy (non-hydrogen) atoms. The molecule has 11 heteroatoms. The van der Waals surface area contributed by atoms with Gasteiger partial charge in [-0.1, -0.05) is 47.7 Å². The summed E-state index contributed by atoms with van der Waals surface area (Å²) in [6, 6.07) is 17.4. The normalized spacial score (nSPS) is 15.7. The molecule has 4 aromatic rings. The van der Waals surface area contributed by atoms with Gasteiger partial charge in [0.05, 0.1) is 11.4 Å². The van der Waals surface area contributed by atoms with Crippen molar-refractivity contribution >= 4 is 57.5 Å². The Morgan fingerprint density at radius 3 is 2.73 bits per heavy atom. The number of hydrogen-bond donors (Lipinski definition) is 0. The van der Waals surface area contributed by atoms with Crippen molar-refractivity contribution in [2.24, 2.45) is 0 Å². The van der Waals surface area contributed by atoms with Gasteiger partial charge in [0, 0.05) is 11.2 Å². The van der Waals surface area contributed by atoms with Crippen LogP contribution in [-0.4, -0.2) is 31.3 Å². The number of aromatic nitrogens is 2. The summed E-state index contributed by atoms with van der Waals surface area (Å²) in [6.07, 6.45) is 3.10. The summed E-state index contributed by atoms with van der Waals surface area (Å²) >= 11 is 12.6. The zero-order chi connectivity index (χ0) is 25.5. The van der Waals surface area contributed by atoms with E-state index in [0.29, 0.717) is 37.1 Å². The minimum Gasteiger partial charge on any atom is -0.454 e. The summed E-state index contributed by atoms with van der Waals surface area (Å²) in [4.78, 5) is 33.1. The van der Waals surface area contributed by atoms with E-state index >= 15 is 0 Å². The third-order valence-corrected chi connectivity index (χ3v) is 7.32. The number of thioether (sulfide) groups is 1. The van der Waals surface area contributed by atoms with Gasteiger partial charge >= 0.3 is 0 Å². The minimum absolute atomic E-state index is 0.0690. The fraction of sp³-hybridized carbons (Fsp3) is 0.0769. The molecule has 0 radical (unpaired) electrons. The Labute approximate surface area is 225 Å². The second kappa shape index (κ2) is 9.55. The van der Waals surface area contributed by atoms with Crippen molar-refractivity contribution in [1.29, 1.82) is 0 Å². The van der Waals surface area contributed by atoms with Crippen LogP contribution in [0.1, 0.15) is 11.1 Å². The average Bonchev–Trinajstić information content (AvgIpc) is 3.47. The van der Waals surface area contributed by atoms with Gasteiger partial charge in [0.2, 0.25) is 12.7 Å². The lowest BCUT2D eigenvalue weighted by atomic mass is 10.2. The topological polar surface area (TPSA) is 82.4 Å². The minimum atomic E-state index is -0.379. The second-order valence-electron chi connectivity index (χ2n) is 8.08. The maximum atomic E-state index is 13.4. The van der Waals surface area contributed by atoms with Gasteiger partial charge in [0.25, 0.3) is 11.5 Å². The molecule has 6 rings (SSSR count). The van der Waals surface area contributed by atoms with Crippen molar-refractivity contribution in [1.82, 2.24) is 14.3 Å². The molecule has 0 aliphatic carbocycles. The van der Waals surface area contributed by atoms with Crippen molar-refractivity contribution in [2.45, 2.75) is 6.54 Å². The van der Waals surface area contributed by atoms with E-state index in [1.165, 1.54) is 15.4 Å². The predicted octanol–water partition coefficient (Wildman–Crippen LogP) is 5.27. The lowest BCUT2D eigenvalue weighted by Gasteiger charge is -2.14. The quantitative estimate of drug-likeness (QED) is 0.246. The fourth-order valence-corrected chi connectivity index (χ4v) is 5.25. The maximum absolute atomic E-state index is 13.4. The molecule has 0 N–H and O–H groups in total. The maximum Gasteiger partial charge on any atom is 0.269 e. The lowest BCUT2D eigenvalue weighted by molar-refractivity contribution is -0.122. The van der Waals surface area contributed by atoms with Crippen LogP contribution in [-0.2, 0) is 11.3 Å². The molecular weight excluding hydrogens is 534 g/mol. The van der Waals surface area contributed by atoms with Crippen molar-refractivity contribution in [2.75, 3.05) is 6.79 Å². The van der Waals surface area contributed by atoms with E-state index < -0.39 is 0 Å². The van der Waals surface area contributed by atoms with Gasteiger partial charge in [0.1, 0.15) is 21.3 Å². The fourth-order valence-electron chi connectivity index (χ4n) is 3.89. The van der Waals surface area contributed by atoms with Crippen LogP contribution in [0.3, 0.4) is 0 Å². The Bertz CT molecular complexity index is 1670. The van der Waals surface area contributed by atoms with Crippen molar-refractivity contribution in [3.63, 3.8) is 0 Å². The van der Waals surface area contributed by atoms with Crippen LogP contribution >= 0.6 is 35.6 Å². The smallest absolute Gasteiger partial charge is 0.269 e. The molecule has 2 aromatic heterocycles. The van der Waals surface area contributed by atoms with Gasteiger partial charge in [0.15, 0.2) is 11.5 Å². The highest BCUT2D eigenvalue weighted by molar-refractivity contribution is 8.26. The molecule has 1 saturated heterocycles. The average molecular weight is 550 g/mol. The highest BCUT2D eigenvalue weighted by atomic mass is 35.5. The molecule has 2 aromatic carbocycles. The van der Waals surface area contributed by atoms with Crippen molar-refractivity contribution in [3.8, 4) is 23.1 Å². The Kier molecular flexibility index (Phi) is 6.07. The number of hydrogen-bond acceptors (Lipinski definition) is 8. The first-order chi connectivity index (χ1) is 18.0. The largest absolute Gasteiger partial charge is 0.454 e. The van der Waals surface area contributed by atoms with Gasteiger partial charge in [-0.15, -0.1) is 0 Å². The molecule has 0 saturated carbocycles. The lowest BCUT2D eigenvalue weighted by Crippen LogP contribution is -2.27. The van der Waals surface area contributed by atoms with Crippen LogP contribution in [0, 0.1) is 0 Å². The van der Waals surface area contributed by atoms with Gasteiger partial charge < -0.3 is 14.2 Å². The van der Waals surface area contributed by atoms with Gasteiger partial charge in [-0.05, 0) is 60.2 Å². The van der Waals surface area contributed by atoms with Gasteiger partial charge in [-0.2, -0.15) is 4.98 Å². The van der Waals surface area contributed by atoms with Gasteiger partial charge in [-0.3, -0.25) is 18.9 Å². The van der Waals surface area contributed by atoms with E-state index in [0.717, 1.165) is 17.3 Å². The standard InChI is InChI=1S/C26H16ClN3O5S2/c27-16-5-7-17(8-6-16)35-23-18(24(31)29-10-2-1-3-22(29)28-23)12-21-25(32)30(26(36)37-21)13-15-4-9-19-20(11-15)34-14-33-19/h1-12H,13-14H2. The van der Waals surface area contributed by atoms with E-state index in [4.69, 9.17) is 38.0 Å². The van der Waals surface area contributed by atoms with Crippen LogP contribution in [0.5, 0.6) is 23.1 Å². The second-order valence-corrected chi connectivity index (χ2v) is 10.2. The van der Waals surface area contributed by atoms with E-state index in [9.17, 15) is 9.59 Å². The Morgan fingerprint density at radius 2 is 1.89 bits per heavy atom. The van der Waals surface area contributed by atoms with E-state index in [2.05, 4.69) is 4.98 Å². The SMILES string of the molecule is O=C1C(=Cc2c(Oc3ccc(Cl)cc3)nc3ccccn3c2=O)SC(=S)N1Cc1ccc2c(c1)OCO2. The first-order valence-corrected chi connectivity index (χ1v) is 12.7. The Morgan fingerprint density at radius 1 is 1.08 bits per heavy atom. The highest BCUT2D eigenvalue weighted by Gasteiger charge is 2.33. The zero-order valence-electron chi connectivity index (χ0n) is 18.9. The number of pyridine rings is 1. The third-order valence-electron chi connectivity index (χ3n) is 5.69. The van der Waals surface area contributed by atoms with Crippen molar-refractivity contribution in [3.05, 3.63) is 98.3 Å². The number of amides is 1. The Balaban J connectivity index is 1.36. The number of benzene rings is 2. The Hall–Kier alpha value is -3.86. The van der Waals surface area contributed by atoms with Crippen LogP contribution in [0.15, 0.2) is 76.6 Å². The zero-order valence-corrected chi connectivity index (χ0v) is 21.3. The highest BCUT2D eigenvalue weighted by Crippen LogP contribution is 2.37. The number of thiocarbonyl (C=S) groups is 1. The molecule has 184 valence electrons. The predicted molar refractivity (Wildman–Crippen MR) is 144 cm³/mol. The van der Waals surface area contributed by atoms with Crippen LogP contribution in [0.4, 0.5) is 0 Å². The molecule has 1 amide bonds. The number of carbonyl (C=O) groups is 1. The van der Waals surface area contributed by atoms with Crippen LogP contribution in [0.25, 0.3) is 11.7 Å². The summed E-state index contributed by atoms with van der Waals surface area (Å²) in [6.45, 7) is 0.417. The number of nitrogens with zero attached hydrogens (tertiary/aromatic N) is 3. The summed E-state index contributed by atoms with van der Waals surface area (Å²) in [7, 11) is 0. The number of fused-ring (bicyclic) bond motifs is 2. The summed E-state index contributed by atoms with van der Waals surface area (Å²) in [5.41, 5.74) is 0.989. The molecule has 4 heterocycles. The molecule has 0 atom stereocenters. The van der Waals surface area contributed by atoms with Crippen LogP contribution in [0.2, 0.25) is 5.02 Å². The van der Waals surface area contributed by atoms with E-state index in [1.807, 2.05) is 12.1 Å². The van der Waals surface area contributed by atoms with Crippen LogP contribution < -0.4 is 19.8 Å². The molecular formula is C26H16ClN3O5S2. The first-order valence-electron chi connectivity index (χ1n) is 11.0. The molecule has 2 aliphatic rings. The molecule has 0 unspecified atom stereocenters. The molecule has 8 nitrogen and oxygen atoms in total. The van der Waals surface area contributed by atoms with Crippen molar-refractivity contribution < 1.29 is 19.0 Å². The monoisotopic (exact) mass is 549 g/mol. The summed E-state index contributed by atoms with van der Waals surface area (Å²) < 4.78 is 18.5. The van der Waals surface area contributed by atoms with E-state index in [1.54, 1.807) is 54.7 Å². The molecule has 0 spiro atoms. The molecule has 1 fully saturated rings.